The molecule has 1 saturated carbocycles. The van der Waals surface area contributed by atoms with E-state index in [1.807, 2.05) is 25.8 Å². The van der Waals surface area contributed by atoms with Crippen LogP contribution in [0, 0.1) is 11.8 Å². The number of hydrogen-bond acceptors (Lipinski definition) is 2. The van der Waals surface area contributed by atoms with Crippen LogP contribution in [0.5, 0.6) is 0 Å². The molecule has 4 heteroatoms. The van der Waals surface area contributed by atoms with Crippen LogP contribution in [-0.4, -0.2) is 30.3 Å². The molecule has 0 atom stereocenters. The van der Waals surface area contributed by atoms with Crippen molar-refractivity contribution in [2.24, 2.45) is 11.8 Å². The lowest BCUT2D eigenvalue weighted by molar-refractivity contribution is -0.118. The summed E-state index contributed by atoms with van der Waals surface area (Å²) in [4.78, 5) is 26.0. The summed E-state index contributed by atoms with van der Waals surface area (Å²) in [5, 5.41) is 2.84. The maximum atomic E-state index is 12.5. The fraction of sp³-hybridized carbons (Fsp3) is 0.579. The Labute approximate surface area is 139 Å². The topological polar surface area (TPSA) is 49.4 Å². The largest absolute Gasteiger partial charge is 0.341 e. The molecule has 1 aliphatic carbocycles. The molecule has 0 radical (unpaired) electrons. The predicted octanol–water partition coefficient (Wildman–Crippen LogP) is 3.93. The molecule has 1 aliphatic rings. The van der Waals surface area contributed by atoms with Gasteiger partial charge in [-0.05, 0) is 43.0 Å². The minimum atomic E-state index is -0.0575. The fourth-order valence-corrected chi connectivity index (χ4v) is 3.04. The molecule has 0 aromatic heterocycles. The van der Waals surface area contributed by atoms with Crippen molar-refractivity contribution in [1.29, 1.82) is 0 Å². The highest BCUT2D eigenvalue weighted by atomic mass is 16.2. The predicted molar refractivity (Wildman–Crippen MR) is 93.4 cm³/mol. The van der Waals surface area contributed by atoms with Crippen molar-refractivity contribution in [2.75, 3.05) is 18.9 Å². The fourth-order valence-electron chi connectivity index (χ4n) is 3.04. The first-order valence-corrected chi connectivity index (χ1v) is 8.63. The summed E-state index contributed by atoms with van der Waals surface area (Å²) in [6.45, 7) is 4.55. The van der Waals surface area contributed by atoms with Gasteiger partial charge in [0.25, 0.3) is 5.91 Å². The van der Waals surface area contributed by atoms with Gasteiger partial charge in [-0.15, -0.1) is 0 Å². The summed E-state index contributed by atoms with van der Waals surface area (Å²) < 4.78 is 0. The average Bonchev–Trinajstić information content (AvgIpc) is 2.55. The first kappa shape index (κ1) is 17.5. The maximum Gasteiger partial charge on any atom is 0.253 e. The molecule has 0 heterocycles. The van der Waals surface area contributed by atoms with Gasteiger partial charge in [-0.25, -0.2) is 0 Å². The molecule has 126 valence electrons. The Morgan fingerprint density at radius 1 is 1.13 bits per heavy atom. The normalized spacial score (nSPS) is 15.5. The van der Waals surface area contributed by atoms with Crippen molar-refractivity contribution in [3.05, 3.63) is 29.8 Å². The van der Waals surface area contributed by atoms with Crippen molar-refractivity contribution >= 4 is 17.5 Å². The van der Waals surface area contributed by atoms with Crippen molar-refractivity contribution in [3.63, 3.8) is 0 Å². The average molecular weight is 316 g/mol. The van der Waals surface area contributed by atoms with E-state index >= 15 is 0 Å². The van der Waals surface area contributed by atoms with E-state index in [1.54, 1.807) is 24.3 Å². The van der Waals surface area contributed by atoms with Crippen LogP contribution < -0.4 is 5.32 Å². The van der Waals surface area contributed by atoms with E-state index in [-0.39, 0.29) is 17.7 Å². The Morgan fingerprint density at radius 2 is 1.74 bits per heavy atom. The Balaban J connectivity index is 1.92. The van der Waals surface area contributed by atoms with Gasteiger partial charge in [0.05, 0.1) is 0 Å². The van der Waals surface area contributed by atoms with Crippen molar-refractivity contribution in [1.82, 2.24) is 4.90 Å². The SMILES string of the molecule is CC(C)C(=O)Nc1ccc(C(=O)N(C)CC2CCCCC2)cc1. The molecular formula is C19H28N2O2. The number of nitrogens with one attached hydrogen (secondary N) is 1. The van der Waals surface area contributed by atoms with E-state index in [9.17, 15) is 9.59 Å². The lowest BCUT2D eigenvalue weighted by atomic mass is 9.89. The highest BCUT2D eigenvalue weighted by Crippen LogP contribution is 2.24. The van der Waals surface area contributed by atoms with E-state index in [0.717, 1.165) is 12.2 Å². The van der Waals surface area contributed by atoms with Crippen LogP contribution in [0.1, 0.15) is 56.3 Å². The Morgan fingerprint density at radius 3 is 2.30 bits per heavy atom. The lowest BCUT2D eigenvalue weighted by Crippen LogP contribution is -2.32. The second-order valence-corrected chi connectivity index (χ2v) is 6.91. The summed E-state index contributed by atoms with van der Waals surface area (Å²) in [6, 6.07) is 7.16. The molecule has 0 saturated heterocycles. The zero-order chi connectivity index (χ0) is 16.8. The van der Waals surface area contributed by atoms with Crippen LogP contribution in [0.15, 0.2) is 24.3 Å². The van der Waals surface area contributed by atoms with E-state index in [4.69, 9.17) is 0 Å². The van der Waals surface area contributed by atoms with Crippen LogP contribution in [0.2, 0.25) is 0 Å². The molecule has 1 aromatic rings. The standard InChI is InChI=1S/C19H28N2O2/c1-14(2)18(22)20-17-11-9-16(10-12-17)19(23)21(3)13-15-7-5-4-6-8-15/h9-12,14-15H,4-8,13H2,1-3H3,(H,20,22). The molecule has 1 fully saturated rings. The second-order valence-electron chi connectivity index (χ2n) is 6.91. The van der Waals surface area contributed by atoms with E-state index in [1.165, 1.54) is 32.1 Å². The number of nitrogens with zero attached hydrogens (tertiary/aromatic N) is 1. The van der Waals surface area contributed by atoms with Crippen molar-refractivity contribution in [2.45, 2.75) is 46.0 Å². The number of benzene rings is 1. The van der Waals surface area contributed by atoms with Gasteiger partial charge in [-0.3, -0.25) is 9.59 Å². The van der Waals surface area contributed by atoms with Crippen molar-refractivity contribution < 1.29 is 9.59 Å². The Bertz CT molecular complexity index is 531. The Kier molecular flexibility index (Phi) is 6.20. The van der Waals surface area contributed by atoms with Gasteiger partial charge in [0.1, 0.15) is 0 Å². The molecule has 2 rings (SSSR count). The second kappa shape index (κ2) is 8.14. The van der Waals surface area contributed by atoms with Crippen LogP contribution >= 0.6 is 0 Å². The number of rotatable bonds is 5. The number of hydrogen-bond donors (Lipinski definition) is 1. The highest BCUT2D eigenvalue weighted by molar-refractivity contribution is 5.96. The van der Waals surface area contributed by atoms with Crippen LogP contribution in [0.3, 0.4) is 0 Å². The molecule has 0 unspecified atom stereocenters. The molecular weight excluding hydrogens is 288 g/mol. The van der Waals surface area contributed by atoms with E-state index in [0.29, 0.717) is 11.5 Å². The molecule has 4 nitrogen and oxygen atoms in total. The quantitative estimate of drug-likeness (QED) is 0.894. The Hall–Kier alpha value is -1.84. The van der Waals surface area contributed by atoms with E-state index in [2.05, 4.69) is 5.32 Å². The molecule has 0 spiro atoms. The number of carbonyl (C=O) groups is 2. The molecule has 0 aliphatic heterocycles. The molecule has 0 bridgehead atoms. The van der Waals surface area contributed by atoms with E-state index < -0.39 is 0 Å². The van der Waals surface area contributed by atoms with Crippen LogP contribution in [-0.2, 0) is 4.79 Å². The monoisotopic (exact) mass is 316 g/mol. The summed E-state index contributed by atoms with van der Waals surface area (Å²) in [5.74, 6) is 0.621. The summed E-state index contributed by atoms with van der Waals surface area (Å²) in [6.07, 6.45) is 6.38. The zero-order valence-corrected chi connectivity index (χ0v) is 14.5. The summed E-state index contributed by atoms with van der Waals surface area (Å²) in [5.41, 5.74) is 1.40. The van der Waals surface area contributed by atoms with Gasteiger partial charge in [-0.1, -0.05) is 33.1 Å². The first-order valence-electron chi connectivity index (χ1n) is 8.63. The van der Waals surface area contributed by atoms with Gasteiger partial charge in [0, 0.05) is 30.8 Å². The minimum absolute atomic E-state index is 0.0153. The van der Waals surface area contributed by atoms with Gasteiger partial charge < -0.3 is 10.2 Å². The molecule has 23 heavy (non-hydrogen) atoms. The lowest BCUT2D eigenvalue weighted by Gasteiger charge is -2.27. The third-order valence-corrected chi connectivity index (χ3v) is 4.53. The third kappa shape index (κ3) is 5.08. The van der Waals surface area contributed by atoms with Gasteiger partial charge >= 0.3 is 0 Å². The summed E-state index contributed by atoms with van der Waals surface area (Å²) in [7, 11) is 1.88. The number of amides is 2. The van der Waals surface area contributed by atoms with Crippen LogP contribution in [0.4, 0.5) is 5.69 Å². The highest BCUT2D eigenvalue weighted by Gasteiger charge is 2.19. The number of carbonyl (C=O) groups excluding carboxylic acids is 2. The third-order valence-electron chi connectivity index (χ3n) is 4.53. The minimum Gasteiger partial charge on any atom is -0.341 e. The zero-order valence-electron chi connectivity index (χ0n) is 14.5. The smallest absolute Gasteiger partial charge is 0.253 e. The molecule has 1 aromatic carbocycles. The van der Waals surface area contributed by atoms with Gasteiger partial charge in [0.2, 0.25) is 5.91 Å². The number of anilines is 1. The molecule has 2 amide bonds. The molecule has 1 N–H and O–H groups in total. The van der Waals surface area contributed by atoms with Gasteiger partial charge in [0.15, 0.2) is 0 Å². The van der Waals surface area contributed by atoms with Gasteiger partial charge in [-0.2, -0.15) is 0 Å². The maximum absolute atomic E-state index is 12.5. The first-order chi connectivity index (χ1) is 11.0. The van der Waals surface area contributed by atoms with Crippen molar-refractivity contribution in [3.8, 4) is 0 Å². The summed E-state index contributed by atoms with van der Waals surface area (Å²) >= 11 is 0. The van der Waals surface area contributed by atoms with Crippen LogP contribution in [0.25, 0.3) is 0 Å².